The van der Waals surface area contributed by atoms with Gasteiger partial charge in [-0.15, -0.1) is 0 Å². The molecule has 0 unspecified atom stereocenters. The molecule has 6 heteroatoms. The number of hydrogen-bond acceptors (Lipinski definition) is 4. The minimum atomic E-state index is -0.981. The van der Waals surface area contributed by atoms with Crippen LogP contribution in [0.3, 0.4) is 0 Å². The molecule has 0 amide bonds. The Hall–Kier alpha value is -1.66. The van der Waals surface area contributed by atoms with Crippen molar-refractivity contribution in [3.63, 3.8) is 0 Å². The van der Waals surface area contributed by atoms with Crippen LogP contribution < -0.4 is 0 Å². The van der Waals surface area contributed by atoms with Gasteiger partial charge in [-0.25, -0.2) is 9.59 Å². The molecule has 0 bridgehead atoms. The van der Waals surface area contributed by atoms with Crippen molar-refractivity contribution in [2.24, 2.45) is 0 Å². The van der Waals surface area contributed by atoms with Gasteiger partial charge in [0.1, 0.15) is 6.79 Å². The number of carboxylic acid groups (broad SMARTS) is 2. The minimum absolute atomic E-state index is 0.500. The zero-order chi connectivity index (χ0) is 12.1. The fourth-order valence-corrected chi connectivity index (χ4v) is 0.295. The molecule has 86 valence electrons. The van der Waals surface area contributed by atoms with Gasteiger partial charge in [-0.1, -0.05) is 13.2 Å². The molecule has 2 N–H and O–H groups in total. The number of carbonyl (C=O) groups is 2. The molecule has 0 saturated carbocycles. The highest BCUT2D eigenvalue weighted by molar-refractivity contribution is 5.79. The van der Waals surface area contributed by atoms with Gasteiger partial charge in [0.25, 0.3) is 0 Å². The van der Waals surface area contributed by atoms with Crippen LogP contribution in [0.1, 0.15) is 0 Å². The molecule has 1 aliphatic heterocycles. The number of aliphatic carboxylic acids is 2. The molecule has 6 nitrogen and oxygen atoms in total. The van der Waals surface area contributed by atoms with E-state index in [-0.39, 0.29) is 0 Å². The summed E-state index contributed by atoms with van der Waals surface area (Å²) in [5.74, 6) is -1.96. The Labute approximate surface area is 87.4 Å². The Morgan fingerprint density at radius 2 is 1.27 bits per heavy atom. The zero-order valence-corrected chi connectivity index (χ0v) is 8.22. The van der Waals surface area contributed by atoms with E-state index in [2.05, 4.69) is 13.2 Å². The van der Waals surface area contributed by atoms with E-state index in [1.54, 1.807) is 0 Å². The average Bonchev–Trinajstić information content (AvgIpc) is 2.76. The van der Waals surface area contributed by atoms with Gasteiger partial charge in [-0.05, 0) is 0 Å². The second-order valence-electron chi connectivity index (χ2n) is 2.02. The van der Waals surface area contributed by atoms with Crippen LogP contribution in [0.15, 0.2) is 25.3 Å². The predicted molar refractivity (Wildman–Crippen MR) is 52.4 cm³/mol. The van der Waals surface area contributed by atoms with Crippen molar-refractivity contribution < 1.29 is 29.3 Å². The normalized spacial score (nSPS) is 12.3. The van der Waals surface area contributed by atoms with Crippen molar-refractivity contribution >= 4 is 11.9 Å². The molecule has 0 aliphatic carbocycles. The summed E-state index contributed by atoms with van der Waals surface area (Å²) in [6, 6.07) is 0. The molecule has 0 aromatic carbocycles. The lowest BCUT2D eigenvalue weighted by molar-refractivity contribution is -0.132. The quantitative estimate of drug-likeness (QED) is 0.656. The van der Waals surface area contributed by atoms with Crippen LogP contribution in [0, 0.1) is 0 Å². The number of rotatable bonds is 2. The second kappa shape index (κ2) is 12.3. The standard InChI is InChI=1S/C3H6O2.2C3H4O2/c1-2-5-3-4-1;2*1-2-3(4)5/h1-3H2;2*2H,1H2,(H,4,5). The highest BCUT2D eigenvalue weighted by Crippen LogP contribution is 1.85. The van der Waals surface area contributed by atoms with E-state index < -0.39 is 11.9 Å². The summed E-state index contributed by atoms with van der Waals surface area (Å²) in [6.07, 6.45) is 1.67. The van der Waals surface area contributed by atoms with Crippen molar-refractivity contribution in [3.05, 3.63) is 25.3 Å². The minimum Gasteiger partial charge on any atom is -0.478 e. The molecule has 0 aromatic heterocycles. The molecule has 15 heavy (non-hydrogen) atoms. The van der Waals surface area contributed by atoms with Gasteiger partial charge < -0.3 is 19.7 Å². The van der Waals surface area contributed by atoms with Gasteiger partial charge >= 0.3 is 11.9 Å². The molecule has 0 spiro atoms. The second-order valence-corrected chi connectivity index (χ2v) is 2.02. The first-order chi connectivity index (χ1) is 7.04. The molecule has 1 aliphatic rings. The van der Waals surface area contributed by atoms with Gasteiger partial charge in [0.2, 0.25) is 0 Å². The van der Waals surface area contributed by atoms with Crippen molar-refractivity contribution in [1.29, 1.82) is 0 Å². The molecule has 0 atom stereocenters. The van der Waals surface area contributed by atoms with Gasteiger partial charge in [0.05, 0.1) is 13.2 Å². The average molecular weight is 218 g/mol. The van der Waals surface area contributed by atoms with E-state index >= 15 is 0 Å². The third kappa shape index (κ3) is 24.5. The van der Waals surface area contributed by atoms with E-state index in [0.29, 0.717) is 6.79 Å². The van der Waals surface area contributed by atoms with Crippen LogP contribution in [-0.2, 0) is 19.1 Å². The lowest BCUT2D eigenvalue weighted by Gasteiger charge is -1.76. The molecule has 0 aromatic rings. The first-order valence-electron chi connectivity index (χ1n) is 3.90. The van der Waals surface area contributed by atoms with E-state index in [0.717, 1.165) is 25.4 Å². The van der Waals surface area contributed by atoms with E-state index in [9.17, 15) is 9.59 Å². The van der Waals surface area contributed by atoms with Crippen LogP contribution in [0.5, 0.6) is 0 Å². The first kappa shape index (κ1) is 15.8. The van der Waals surface area contributed by atoms with Gasteiger partial charge in [-0.3, -0.25) is 0 Å². The summed E-state index contributed by atoms with van der Waals surface area (Å²) >= 11 is 0. The number of carboxylic acids is 2. The Balaban J connectivity index is 0. The topological polar surface area (TPSA) is 93.1 Å². The summed E-state index contributed by atoms with van der Waals surface area (Å²) in [4.78, 5) is 18.5. The highest BCUT2D eigenvalue weighted by Gasteiger charge is 1.93. The van der Waals surface area contributed by atoms with Crippen molar-refractivity contribution in [1.82, 2.24) is 0 Å². The monoisotopic (exact) mass is 218 g/mol. The molecule has 0 radical (unpaired) electrons. The van der Waals surface area contributed by atoms with Crippen molar-refractivity contribution in [3.8, 4) is 0 Å². The molecule has 1 fully saturated rings. The Morgan fingerprint density at radius 3 is 1.33 bits per heavy atom. The molecule has 1 saturated heterocycles. The maximum atomic E-state index is 9.25. The largest absolute Gasteiger partial charge is 0.478 e. The molecule has 1 heterocycles. The predicted octanol–water partition coefficient (Wildman–Crippen LogP) is 0.505. The van der Waals surface area contributed by atoms with Crippen molar-refractivity contribution in [2.75, 3.05) is 20.0 Å². The summed E-state index contributed by atoms with van der Waals surface area (Å²) in [7, 11) is 0. The zero-order valence-electron chi connectivity index (χ0n) is 8.22. The fourth-order valence-electron chi connectivity index (χ4n) is 0.295. The maximum absolute atomic E-state index is 9.25. The van der Waals surface area contributed by atoms with Gasteiger partial charge in [0.15, 0.2) is 0 Å². The van der Waals surface area contributed by atoms with Gasteiger partial charge in [0, 0.05) is 12.2 Å². The number of ether oxygens (including phenoxy) is 2. The third-order valence-electron chi connectivity index (χ3n) is 0.888. The smallest absolute Gasteiger partial charge is 0.327 e. The SMILES string of the molecule is C1COCO1.C=CC(=O)O.C=CC(=O)O. The Morgan fingerprint density at radius 1 is 1.00 bits per heavy atom. The molecular formula is C9H14O6. The van der Waals surface area contributed by atoms with Crippen LogP contribution in [0.2, 0.25) is 0 Å². The third-order valence-corrected chi connectivity index (χ3v) is 0.888. The summed E-state index contributed by atoms with van der Waals surface area (Å²) in [5, 5.41) is 15.2. The maximum Gasteiger partial charge on any atom is 0.327 e. The Kier molecular flexibility index (Phi) is 13.0. The van der Waals surface area contributed by atoms with Crippen LogP contribution in [0.25, 0.3) is 0 Å². The summed E-state index contributed by atoms with van der Waals surface area (Å²) in [5.41, 5.74) is 0. The fraction of sp³-hybridized carbons (Fsp3) is 0.333. The van der Waals surface area contributed by atoms with E-state index in [4.69, 9.17) is 19.7 Å². The Bertz CT molecular complexity index is 181. The number of hydrogen-bond donors (Lipinski definition) is 2. The summed E-state index contributed by atoms with van der Waals surface area (Å²) < 4.78 is 9.44. The molecular weight excluding hydrogens is 204 g/mol. The van der Waals surface area contributed by atoms with Gasteiger partial charge in [-0.2, -0.15) is 0 Å². The summed E-state index contributed by atoms with van der Waals surface area (Å²) in [6.45, 7) is 7.98. The first-order valence-corrected chi connectivity index (χ1v) is 3.90. The lowest BCUT2D eigenvalue weighted by Crippen LogP contribution is -1.82. The van der Waals surface area contributed by atoms with Crippen LogP contribution in [-0.4, -0.2) is 42.2 Å². The van der Waals surface area contributed by atoms with E-state index in [1.807, 2.05) is 0 Å². The van der Waals surface area contributed by atoms with Crippen LogP contribution in [0.4, 0.5) is 0 Å². The highest BCUT2D eigenvalue weighted by atomic mass is 16.7. The lowest BCUT2D eigenvalue weighted by atomic mass is 10.7. The molecule has 1 rings (SSSR count). The van der Waals surface area contributed by atoms with Crippen LogP contribution >= 0.6 is 0 Å². The van der Waals surface area contributed by atoms with E-state index in [1.165, 1.54) is 0 Å². The van der Waals surface area contributed by atoms with Crippen molar-refractivity contribution in [2.45, 2.75) is 0 Å².